The molecule has 0 spiro atoms. The van der Waals surface area contributed by atoms with Crippen LogP contribution in [0.2, 0.25) is 0 Å². The number of para-hydroxylation sites is 1. The van der Waals surface area contributed by atoms with E-state index in [0.29, 0.717) is 5.92 Å². The Kier molecular flexibility index (Phi) is 5.37. The molecule has 1 saturated carbocycles. The molecule has 1 nitrogen and oxygen atoms in total. The van der Waals surface area contributed by atoms with Gasteiger partial charge >= 0.3 is 0 Å². The van der Waals surface area contributed by atoms with Crippen molar-refractivity contribution < 1.29 is 4.74 Å². The van der Waals surface area contributed by atoms with E-state index < -0.39 is 0 Å². The number of benzene rings is 1. The molecule has 0 radical (unpaired) electrons. The van der Waals surface area contributed by atoms with E-state index in [2.05, 4.69) is 12.1 Å². The van der Waals surface area contributed by atoms with Gasteiger partial charge in [0, 0.05) is 5.38 Å². The van der Waals surface area contributed by atoms with Crippen LogP contribution in [-0.2, 0) is 6.42 Å². The third kappa shape index (κ3) is 3.65. The largest absolute Gasteiger partial charge is 0.496 e. The Balaban J connectivity index is 1.98. The summed E-state index contributed by atoms with van der Waals surface area (Å²) in [7, 11) is 1.73. The molecule has 1 aliphatic carbocycles. The quantitative estimate of drug-likeness (QED) is 0.561. The van der Waals surface area contributed by atoms with Gasteiger partial charge in [-0.05, 0) is 36.8 Å². The second-order valence-corrected chi connectivity index (χ2v) is 5.84. The Bertz CT molecular complexity index is 356. The lowest BCUT2D eigenvalue weighted by molar-refractivity contribution is 0.400. The molecule has 0 amide bonds. The van der Waals surface area contributed by atoms with Crippen molar-refractivity contribution in [2.24, 2.45) is 5.92 Å². The van der Waals surface area contributed by atoms with Crippen LogP contribution in [0.5, 0.6) is 5.75 Å². The average Bonchev–Trinajstić information content (AvgIpc) is 2.68. The molecule has 1 aliphatic rings. The average molecular weight is 267 g/mol. The number of ether oxygens (including phenoxy) is 1. The third-order valence-electron chi connectivity index (χ3n) is 4.02. The third-order valence-corrected chi connectivity index (χ3v) is 4.53. The molecule has 0 aliphatic heterocycles. The first kappa shape index (κ1) is 13.7. The molecular weight excluding hydrogens is 244 g/mol. The number of halogens is 1. The zero-order chi connectivity index (χ0) is 12.8. The lowest BCUT2D eigenvalue weighted by atomic mass is 9.92. The number of hydrogen-bond acceptors (Lipinski definition) is 1. The van der Waals surface area contributed by atoms with E-state index in [4.69, 9.17) is 16.3 Å². The van der Waals surface area contributed by atoms with Gasteiger partial charge in [-0.15, -0.1) is 11.6 Å². The summed E-state index contributed by atoms with van der Waals surface area (Å²) < 4.78 is 5.40. The number of rotatable bonds is 4. The Hall–Kier alpha value is -0.690. The van der Waals surface area contributed by atoms with Gasteiger partial charge in [-0.25, -0.2) is 0 Å². The molecule has 0 aromatic heterocycles. The van der Waals surface area contributed by atoms with Gasteiger partial charge in [-0.1, -0.05) is 43.9 Å². The summed E-state index contributed by atoms with van der Waals surface area (Å²) in [6.07, 6.45) is 8.98. The number of alkyl halides is 1. The highest BCUT2D eigenvalue weighted by Gasteiger charge is 2.21. The van der Waals surface area contributed by atoms with Crippen molar-refractivity contribution >= 4 is 11.6 Å². The molecule has 1 aromatic carbocycles. The summed E-state index contributed by atoms with van der Waals surface area (Å²) in [6, 6.07) is 8.22. The highest BCUT2D eigenvalue weighted by Crippen LogP contribution is 2.31. The summed E-state index contributed by atoms with van der Waals surface area (Å²) in [5.41, 5.74) is 1.24. The van der Waals surface area contributed by atoms with Gasteiger partial charge in [0.25, 0.3) is 0 Å². The zero-order valence-electron chi connectivity index (χ0n) is 11.2. The maximum Gasteiger partial charge on any atom is 0.122 e. The van der Waals surface area contributed by atoms with E-state index in [-0.39, 0.29) is 5.38 Å². The van der Waals surface area contributed by atoms with Gasteiger partial charge in [0.2, 0.25) is 0 Å². The maximum atomic E-state index is 6.64. The normalized spacial score (nSPS) is 19.2. The summed E-state index contributed by atoms with van der Waals surface area (Å²) in [4.78, 5) is 0. The van der Waals surface area contributed by atoms with Gasteiger partial charge in [-0.2, -0.15) is 0 Å². The Labute approximate surface area is 115 Å². The Morgan fingerprint density at radius 2 is 1.83 bits per heavy atom. The van der Waals surface area contributed by atoms with E-state index in [0.717, 1.165) is 12.2 Å². The Morgan fingerprint density at radius 3 is 2.50 bits per heavy atom. The topological polar surface area (TPSA) is 9.23 Å². The zero-order valence-corrected chi connectivity index (χ0v) is 12.0. The summed E-state index contributed by atoms with van der Waals surface area (Å²) in [6.45, 7) is 0. The second-order valence-electron chi connectivity index (χ2n) is 5.28. The van der Waals surface area contributed by atoms with Crippen LogP contribution in [0.15, 0.2) is 24.3 Å². The molecule has 2 heteroatoms. The van der Waals surface area contributed by atoms with Crippen LogP contribution in [0.1, 0.15) is 44.1 Å². The van der Waals surface area contributed by atoms with E-state index in [9.17, 15) is 0 Å². The van der Waals surface area contributed by atoms with E-state index in [1.165, 1.54) is 44.1 Å². The van der Waals surface area contributed by atoms with Crippen molar-refractivity contribution in [3.63, 3.8) is 0 Å². The highest BCUT2D eigenvalue weighted by atomic mass is 35.5. The Morgan fingerprint density at radius 1 is 1.17 bits per heavy atom. The molecule has 100 valence electrons. The highest BCUT2D eigenvalue weighted by molar-refractivity contribution is 6.20. The number of methoxy groups -OCH3 is 1. The first-order chi connectivity index (χ1) is 8.81. The first-order valence-corrected chi connectivity index (χ1v) is 7.51. The minimum atomic E-state index is 0.249. The molecular formula is C16H23ClO. The van der Waals surface area contributed by atoms with Crippen LogP contribution >= 0.6 is 11.6 Å². The SMILES string of the molecule is COc1ccccc1CC(Cl)C1CCCCCC1. The van der Waals surface area contributed by atoms with Crippen molar-refractivity contribution in [1.82, 2.24) is 0 Å². The van der Waals surface area contributed by atoms with Gasteiger partial charge in [-0.3, -0.25) is 0 Å². The smallest absolute Gasteiger partial charge is 0.122 e. The number of hydrogen-bond donors (Lipinski definition) is 0. The summed E-state index contributed by atoms with van der Waals surface area (Å²) in [5, 5.41) is 0.249. The van der Waals surface area contributed by atoms with Crippen LogP contribution in [0, 0.1) is 5.92 Å². The van der Waals surface area contributed by atoms with Crippen molar-refractivity contribution in [1.29, 1.82) is 0 Å². The predicted octanol–water partition coefficient (Wildman–Crippen LogP) is 4.82. The molecule has 1 aromatic rings. The fourth-order valence-electron chi connectivity index (χ4n) is 2.92. The minimum absolute atomic E-state index is 0.249. The van der Waals surface area contributed by atoms with Crippen LogP contribution in [-0.4, -0.2) is 12.5 Å². The van der Waals surface area contributed by atoms with Crippen LogP contribution in [0.25, 0.3) is 0 Å². The molecule has 18 heavy (non-hydrogen) atoms. The lowest BCUT2D eigenvalue weighted by Gasteiger charge is -2.21. The van der Waals surface area contributed by atoms with E-state index in [1.807, 2.05) is 12.1 Å². The predicted molar refractivity (Wildman–Crippen MR) is 77.5 cm³/mol. The van der Waals surface area contributed by atoms with Gasteiger partial charge < -0.3 is 4.74 Å². The van der Waals surface area contributed by atoms with Crippen LogP contribution in [0.4, 0.5) is 0 Å². The van der Waals surface area contributed by atoms with Gasteiger partial charge in [0.05, 0.1) is 7.11 Å². The molecule has 1 unspecified atom stereocenters. The van der Waals surface area contributed by atoms with Crippen molar-refractivity contribution in [2.45, 2.75) is 50.3 Å². The lowest BCUT2D eigenvalue weighted by Crippen LogP contribution is -2.17. The minimum Gasteiger partial charge on any atom is -0.496 e. The first-order valence-electron chi connectivity index (χ1n) is 7.07. The summed E-state index contributed by atoms with van der Waals surface area (Å²) >= 11 is 6.64. The summed E-state index contributed by atoms with van der Waals surface area (Å²) in [5.74, 6) is 1.65. The fourth-order valence-corrected chi connectivity index (χ4v) is 3.34. The molecule has 0 heterocycles. The van der Waals surface area contributed by atoms with Crippen molar-refractivity contribution in [2.75, 3.05) is 7.11 Å². The second kappa shape index (κ2) is 7.04. The standard InChI is InChI=1S/C16H23ClO/c1-18-16-11-7-6-10-14(16)12-15(17)13-8-4-2-3-5-9-13/h6-7,10-11,13,15H,2-5,8-9,12H2,1H3. The molecule has 1 fully saturated rings. The molecule has 0 N–H and O–H groups in total. The molecule has 0 bridgehead atoms. The maximum absolute atomic E-state index is 6.64. The monoisotopic (exact) mass is 266 g/mol. The molecule has 1 atom stereocenters. The van der Waals surface area contributed by atoms with Gasteiger partial charge in [0.15, 0.2) is 0 Å². The van der Waals surface area contributed by atoms with Crippen molar-refractivity contribution in [3.8, 4) is 5.75 Å². The van der Waals surface area contributed by atoms with E-state index >= 15 is 0 Å². The van der Waals surface area contributed by atoms with Crippen molar-refractivity contribution in [3.05, 3.63) is 29.8 Å². The molecule has 0 saturated heterocycles. The van der Waals surface area contributed by atoms with E-state index in [1.54, 1.807) is 7.11 Å². The fraction of sp³-hybridized carbons (Fsp3) is 0.625. The molecule has 2 rings (SSSR count). The van der Waals surface area contributed by atoms with Gasteiger partial charge in [0.1, 0.15) is 5.75 Å². The van der Waals surface area contributed by atoms with Crippen LogP contribution in [0.3, 0.4) is 0 Å². The van der Waals surface area contributed by atoms with Crippen LogP contribution < -0.4 is 4.74 Å².